The second kappa shape index (κ2) is 17.2. The summed E-state index contributed by atoms with van der Waals surface area (Å²) in [7, 11) is 2.60. The molecule has 5 heterocycles. The molecule has 2 aromatic carbocycles. The number of hydrogen-bond donors (Lipinski definition) is 4. The van der Waals surface area contributed by atoms with Crippen LogP contribution in [-0.2, 0) is 19.2 Å². The molecule has 2 aliphatic carbocycles. The molecule has 7 amide bonds. The number of methoxy groups -OCH3 is 1. The number of anilines is 5. The number of benzene rings is 2. The van der Waals surface area contributed by atoms with Crippen molar-refractivity contribution in [3.63, 3.8) is 0 Å². The maximum Gasteiger partial charge on any atom is 0.342 e. The summed E-state index contributed by atoms with van der Waals surface area (Å²) >= 11 is 0. The average molecular weight is 915 g/mol. The van der Waals surface area contributed by atoms with Gasteiger partial charge in [-0.05, 0) is 63.1 Å². The molecule has 3 aromatic rings. The van der Waals surface area contributed by atoms with E-state index in [9.17, 15) is 33.6 Å². The van der Waals surface area contributed by atoms with Crippen molar-refractivity contribution < 1.29 is 51.5 Å². The van der Waals surface area contributed by atoms with Crippen LogP contribution in [0.4, 0.5) is 42.0 Å². The zero-order valence-corrected chi connectivity index (χ0v) is 36.4. The number of rotatable bonds is 13. The van der Waals surface area contributed by atoms with Crippen molar-refractivity contribution in [2.75, 3.05) is 60.8 Å². The van der Waals surface area contributed by atoms with Gasteiger partial charge in [-0.2, -0.15) is 13.8 Å². The summed E-state index contributed by atoms with van der Waals surface area (Å²) < 4.78 is 51.2. The summed E-state index contributed by atoms with van der Waals surface area (Å²) in [6, 6.07) is 5.65. The van der Waals surface area contributed by atoms with Crippen LogP contribution in [0, 0.1) is 11.2 Å². The van der Waals surface area contributed by atoms with Gasteiger partial charge < -0.3 is 35.4 Å². The molecule has 2 saturated heterocycles. The number of aromatic nitrogens is 2. The molecule has 6 aliphatic rings. The number of ether oxygens (including phenoxy) is 1. The van der Waals surface area contributed by atoms with Gasteiger partial charge in [0.2, 0.25) is 23.7 Å². The summed E-state index contributed by atoms with van der Waals surface area (Å²) in [5.74, 6) is -8.58. The monoisotopic (exact) mass is 914 g/mol. The van der Waals surface area contributed by atoms with Crippen molar-refractivity contribution in [3.05, 3.63) is 59.0 Å². The van der Waals surface area contributed by atoms with Gasteiger partial charge in [0, 0.05) is 68.8 Å². The quantitative estimate of drug-likeness (QED) is 0.140. The number of likely N-dealkylation sites (tertiary alicyclic amines) is 1. The summed E-state index contributed by atoms with van der Waals surface area (Å²) in [6.07, 6.45) is 7.14. The fourth-order valence-corrected chi connectivity index (χ4v) is 10.2. The number of unbranched alkanes of at least 4 members (excludes halogenated alkanes) is 1. The first-order valence-corrected chi connectivity index (χ1v) is 22.2. The Morgan fingerprint density at radius 1 is 0.970 bits per heavy atom. The minimum atomic E-state index is -3.65. The molecule has 1 spiro atoms. The lowest BCUT2D eigenvalue weighted by Gasteiger charge is -2.59. The number of piperidine rings is 1. The molecule has 1 atom stereocenters. The largest absolute Gasteiger partial charge is 0.495 e. The normalized spacial score (nSPS) is 21.2. The Morgan fingerprint density at radius 2 is 1.73 bits per heavy atom. The van der Waals surface area contributed by atoms with Crippen LogP contribution in [0.25, 0.3) is 0 Å². The van der Waals surface area contributed by atoms with Gasteiger partial charge in [0.1, 0.15) is 23.3 Å². The van der Waals surface area contributed by atoms with E-state index in [2.05, 4.69) is 31.2 Å². The minimum absolute atomic E-state index is 0.00338. The van der Waals surface area contributed by atoms with Gasteiger partial charge in [-0.15, -0.1) is 0 Å². The molecular formula is C45H49F3N10O8. The molecule has 4 N–H and O–H groups in total. The lowest BCUT2D eigenvalue weighted by molar-refractivity contribution is -0.152. The highest BCUT2D eigenvalue weighted by molar-refractivity contribution is 6.25. The molecular weight excluding hydrogens is 866 g/mol. The molecule has 2 saturated carbocycles. The number of alkyl halides is 2. The molecule has 348 valence electrons. The van der Waals surface area contributed by atoms with E-state index < -0.39 is 59.8 Å². The topological polar surface area (TPSA) is 216 Å². The molecule has 21 heteroatoms. The molecule has 0 bridgehead atoms. The van der Waals surface area contributed by atoms with Crippen LogP contribution in [0.2, 0.25) is 0 Å². The number of amides is 7. The first-order chi connectivity index (χ1) is 31.6. The number of hydrogen-bond acceptors (Lipinski definition) is 13. The number of imide groups is 2. The van der Waals surface area contributed by atoms with Crippen molar-refractivity contribution in [3.8, 4) is 5.75 Å². The van der Waals surface area contributed by atoms with E-state index in [-0.39, 0.29) is 81.8 Å². The van der Waals surface area contributed by atoms with Gasteiger partial charge in [-0.25, -0.2) is 9.37 Å². The zero-order valence-electron chi connectivity index (χ0n) is 36.4. The van der Waals surface area contributed by atoms with Gasteiger partial charge in [0.05, 0.1) is 42.2 Å². The number of carbonyl (C=O) groups is 7. The van der Waals surface area contributed by atoms with Crippen LogP contribution < -0.4 is 35.8 Å². The average Bonchev–Trinajstić information content (AvgIpc) is 3.87. The molecule has 0 radical (unpaired) electrons. The summed E-state index contributed by atoms with van der Waals surface area (Å²) in [5, 5.41) is 11.2. The smallest absolute Gasteiger partial charge is 0.342 e. The van der Waals surface area contributed by atoms with Gasteiger partial charge >= 0.3 is 5.92 Å². The molecule has 4 aliphatic heterocycles. The Labute approximate surface area is 377 Å². The van der Waals surface area contributed by atoms with E-state index in [0.29, 0.717) is 70.3 Å². The Bertz CT molecular complexity index is 2540. The molecule has 1 aromatic heterocycles. The van der Waals surface area contributed by atoms with Gasteiger partial charge in [-0.3, -0.25) is 43.8 Å². The highest BCUT2D eigenvalue weighted by Gasteiger charge is 2.54. The molecule has 4 fully saturated rings. The van der Waals surface area contributed by atoms with E-state index >= 15 is 13.2 Å². The van der Waals surface area contributed by atoms with Crippen molar-refractivity contribution >= 4 is 70.2 Å². The van der Waals surface area contributed by atoms with Crippen LogP contribution in [0.1, 0.15) is 102 Å². The van der Waals surface area contributed by atoms with Crippen LogP contribution >= 0.6 is 0 Å². The Balaban J connectivity index is 0.738. The van der Waals surface area contributed by atoms with E-state index in [1.165, 1.54) is 37.4 Å². The first kappa shape index (κ1) is 44.4. The highest BCUT2D eigenvalue weighted by Crippen LogP contribution is 2.49. The molecule has 1 unspecified atom stereocenters. The van der Waals surface area contributed by atoms with Crippen molar-refractivity contribution in [2.24, 2.45) is 5.41 Å². The Kier molecular flexibility index (Phi) is 11.6. The van der Waals surface area contributed by atoms with E-state index in [4.69, 9.17) is 4.74 Å². The summed E-state index contributed by atoms with van der Waals surface area (Å²) in [6.45, 7) is 0.690. The maximum atomic E-state index is 15.6. The number of nitrogens with one attached hydrogen (secondary N) is 4. The second-order valence-electron chi connectivity index (χ2n) is 18.1. The predicted octanol–water partition coefficient (Wildman–Crippen LogP) is 4.13. The van der Waals surface area contributed by atoms with Crippen molar-refractivity contribution in [1.29, 1.82) is 0 Å². The third-order valence-corrected chi connectivity index (χ3v) is 13.6. The van der Waals surface area contributed by atoms with Crippen LogP contribution in [-0.4, -0.2) is 126 Å². The number of carbonyl (C=O) groups excluding carboxylic acids is 7. The van der Waals surface area contributed by atoms with Gasteiger partial charge in [0.25, 0.3) is 23.6 Å². The fraction of sp³-hybridized carbons (Fsp3) is 0.489. The van der Waals surface area contributed by atoms with E-state index in [0.717, 1.165) is 28.7 Å². The molecule has 18 nitrogen and oxygen atoms in total. The number of nitrogens with zero attached hydrogens (tertiary/aromatic N) is 6. The van der Waals surface area contributed by atoms with E-state index in [1.54, 1.807) is 17.0 Å². The lowest BCUT2D eigenvalue weighted by Crippen LogP contribution is -2.67. The first-order valence-electron chi connectivity index (χ1n) is 22.2. The summed E-state index contributed by atoms with van der Waals surface area (Å²) in [4.78, 5) is 103. The summed E-state index contributed by atoms with van der Waals surface area (Å²) in [5.41, 5.74) is 0.645. The van der Waals surface area contributed by atoms with Gasteiger partial charge in [-0.1, -0.05) is 18.9 Å². The third-order valence-electron chi connectivity index (χ3n) is 13.6. The lowest BCUT2D eigenvalue weighted by atomic mass is 9.60. The van der Waals surface area contributed by atoms with Crippen LogP contribution in [0.3, 0.4) is 0 Å². The SMILES string of the molecule is COc1cc(C(=O)NC2CC3(C2)CN(C(=O)CCCCNc2cccc4c2C(=O)N(C2CCC(=O)NC2=O)C4=O)C3)c(F)cc1Nc1ncc2c(n1)N(C1CCCC1)CC(F)(F)C(=O)N2C. The standard InChI is InChI=1S/C45H49F3N10O8/c1-55-32-20-50-43(54-37(32)57(25-8-3-4-9-25)23-45(47,48)42(55)65)52-30-17-28(46)27(16-33(30)66-2)38(61)51-24-18-44(19-24)21-56(22-44)35(60)12-5-6-15-49-29-11-7-10-26-36(29)41(64)58(40(26)63)31-13-14-34(59)53-39(31)62/h7,10-11,16-17,20,24-25,31,49H,3-6,8-9,12-15,18-19,21-23H2,1-2H3,(H,51,61)(H,50,52,54)(H,53,59,62). The predicted molar refractivity (Wildman–Crippen MR) is 231 cm³/mol. The second-order valence-corrected chi connectivity index (χ2v) is 18.1. The van der Waals surface area contributed by atoms with Crippen LogP contribution in [0.5, 0.6) is 5.75 Å². The van der Waals surface area contributed by atoms with E-state index in [1.807, 2.05) is 0 Å². The number of halogens is 3. The fourth-order valence-electron chi connectivity index (χ4n) is 10.2. The number of fused-ring (bicyclic) bond motifs is 2. The highest BCUT2D eigenvalue weighted by atomic mass is 19.3. The Morgan fingerprint density at radius 3 is 2.45 bits per heavy atom. The minimum Gasteiger partial charge on any atom is -0.495 e. The van der Waals surface area contributed by atoms with Crippen LogP contribution in [0.15, 0.2) is 36.5 Å². The maximum absolute atomic E-state index is 15.6. The zero-order chi connectivity index (χ0) is 46.7. The Hall–Kier alpha value is -6.80. The molecule has 9 rings (SSSR count). The third kappa shape index (κ3) is 8.12. The van der Waals surface area contributed by atoms with Gasteiger partial charge in [0.15, 0.2) is 5.82 Å². The van der Waals surface area contributed by atoms with Crippen molar-refractivity contribution in [2.45, 2.75) is 94.7 Å². The molecule has 66 heavy (non-hydrogen) atoms. The van der Waals surface area contributed by atoms with Crippen molar-refractivity contribution in [1.82, 2.24) is 30.4 Å².